The molecular weight excluding hydrogens is 352 g/mol. The molecule has 27 heavy (non-hydrogen) atoms. The molecule has 0 heterocycles. The fourth-order valence-electron chi connectivity index (χ4n) is 2.82. The summed E-state index contributed by atoms with van der Waals surface area (Å²) in [5.41, 5.74) is 0. The van der Waals surface area contributed by atoms with Gasteiger partial charge in [-0.1, -0.05) is 102 Å². The minimum absolute atomic E-state index is 0.701. The molecule has 1 rings (SSSR count). The Bertz CT molecular complexity index is 449. The van der Waals surface area contributed by atoms with Crippen LogP contribution in [0.5, 0.6) is 0 Å². The quantitative estimate of drug-likeness (QED) is 0.216. The van der Waals surface area contributed by atoms with Gasteiger partial charge in [-0.3, -0.25) is 0 Å². The monoisotopic (exact) mass is 392 g/mol. The summed E-state index contributed by atoms with van der Waals surface area (Å²) in [5.74, 6) is 0. The fourth-order valence-corrected chi connectivity index (χ4v) is 5.41. The van der Waals surface area contributed by atoms with E-state index in [4.69, 9.17) is 13.3 Å². The fraction of sp³-hybridized carbons (Fsp3) is 0.652. The number of rotatable bonds is 16. The Morgan fingerprint density at radius 2 is 1.04 bits per heavy atom. The molecule has 0 aromatic heterocycles. The van der Waals surface area contributed by atoms with Crippen LogP contribution in [0.25, 0.3) is 0 Å². The molecule has 0 radical (unpaired) electrons. The molecule has 0 saturated heterocycles. The molecule has 0 aromatic rings. The van der Waals surface area contributed by atoms with Gasteiger partial charge in [0.25, 0.3) is 0 Å². The van der Waals surface area contributed by atoms with Crippen molar-refractivity contribution < 1.29 is 13.3 Å². The van der Waals surface area contributed by atoms with Crippen LogP contribution in [0.1, 0.15) is 78.6 Å². The lowest BCUT2D eigenvalue weighted by molar-refractivity contribution is 0.0652. The molecule has 3 nitrogen and oxygen atoms in total. The molecule has 0 atom stereocenters. The Morgan fingerprint density at radius 3 is 1.52 bits per heavy atom. The number of allylic oxidation sites excluding steroid dienone is 8. The molecule has 0 unspecified atom stereocenters. The van der Waals surface area contributed by atoms with Crippen molar-refractivity contribution in [3.05, 3.63) is 47.7 Å². The van der Waals surface area contributed by atoms with Gasteiger partial charge in [-0.05, 0) is 19.3 Å². The van der Waals surface area contributed by atoms with Crippen LogP contribution in [0, 0.1) is 0 Å². The van der Waals surface area contributed by atoms with Crippen molar-refractivity contribution in [2.24, 2.45) is 0 Å². The van der Waals surface area contributed by atoms with Crippen LogP contribution in [0.3, 0.4) is 0 Å². The first-order valence-corrected chi connectivity index (χ1v) is 12.7. The van der Waals surface area contributed by atoms with Gasteiger partial charge in [0.05, 0.1) is 0 Å². The average molecular weight is 393 g/mol. The molecular formula is C23H40O3Si. The number of hydrogen-bond acceptors (Lipinski definition) is 3. The van der Waals surface area contributed by atoms with Gasteiger partial charge in [-0.25, -0.2) is 0 Å². The van der Waals surface area contributed by atoms with Crippen molar-refractivity contribution in [3.8, 4) is 0 Å². The summed E-state index contributed by atoms with van der Waals surface area (Å²) in [7, 11) is -2.91. The molecule has 0 saturated carbocycles. The summed E-state index contributed by atoms with van der Waals surface area (Å²) < 4.78 is 19.3. The van der Waals surface area contributed by atoms with Crippen molar-refractivity contribution >= 4 is 8.80 Å². The van der Waals surface area contributed by atoms with E-state index in [-0.39, 0.29) is 0 Å². The van der Waals surface area contributed by atoms with Gasteiger partial charge in [0.15, 0.2) is 0 Å². The topological polar surface area (TPSA) is 27.7 Å². The highest BCUT2D eigenvalue weighted by Gasteiger charge is 2.44. The van der Waals surface area contributed by atoms with Crippen LogP contribution >= 0.6 is 0 Å². The Morgan fingerprint density at radius 1 is 0.593 bits per heavy atom. The Kier molecular flexibility index (Phi) is 14.3. The van der Waals surface area contributed by atoms with Crippen LogP contribution < -0.4 is 0 Å². The normalized spacial score (nSPS) is 14.3. The molecule has 0 amide bonds. The molecule has 0 N–H and O–H groups in total. The molecule has 4 heteroatoms. The summed E-state index contributed by atoms with van der Waals surface area (Å²) >= 11 is 0. The Hall–Kier alpha value is -0.943. The zero-order valence-electron chi connectivity index (χ0n) is 17.8. The molecule has 1 aliphatic rings. The van der Waals surface area contributed by atoms with Gasteiger partial charge in [-0.15, -0.1) is 0 Å². The van der Waals surface area contributed by atoms with E-state index in [0.717, 1.165) is 24.5 Å². The molecule has 154 valence electrons. The van der Waals surface area contributed by atoms with E-state index >= 15 is 0 Å². The molecule has 0 spiro atoms. The second-order valence-corrected chi connectivity index (χ2v) is 9.53. The first-order chi connectivity index (χ1) is 13.3. The predicted molar refractivity (Wildman–Crippen MR) is 118 cm³/mol. The standard InChI is InChI=1S/C23H40O3Si/c1-4-7-15-20-24-27(25-21-16-8-5-2,26-22-17-9-6-3)23-18-13-11-10-12-14-19-23/h10-14,18-19H,4-9,15-17,20-22H2,1-3H3. The smallest absolute Gasteiger partial charge is 0.370 e. The maximum atomic E-state index is 6.45. The highest BCUT2D eigenvalue weighted by Crippen LogP contribution is 2.24. The zero-order valence-corrected chi connectivity index (χ0v) is 18.8. The molecule has 0 bridgehead atoms. The van der Waals surface area contributed by atoms with Gasteiger partial charge >= 0.3 is 8.80 Å². The van der Waals surface area contributed by atoms with E-state index in [2.05, 4.69) is 45.1 Å². The SMILES string of the molecule is CCCCCO[Si](OCCCCC)(OCCCCC)C1=CC=CC=CC=C1. The third-order valence-electron chi connectivity index (χ3n) is 4.47. The van der Waals surface area contributed by atoms with Gasteiger partial charge in [-0.2, -0.15) is 0 Å². The van der Waals surface area contributed by atoms with E-state index in [9.17, 15) is 0 Å². The van der Waals surface area contributed by atoms with Crippen molar-refractivity contribution in [1.82, 2.24) is 0 Å². The third kappa shape index (κ3) is 10.2. The summed E-state index contributed by atoms with van der Waals surface area (Å²) in [4.78, 5) is 0. The van der Waals surface area contributed by atoms with Crippen LogP contribution in [0.4, 0.5) is 0 Å². The van der Waals surface area contributed by atoms with Crippen molar-refractivity contribution in [1.29, 1.82) is 0 Å². The number of hydrogen-bond donors (Lipinski definition) is 0. The van der Waals surface area contributed by atoms with Gasteiger partial charge < -0.3 is 13.3 Å². The van der Waals surface area contributed by atoms with Crippen molar-refractivity contribution in [3.63, 3.8) is 0 Å². The van der Waals surface area contributed by atoms with Gasteiger partial charge in [0, 0.05) is 25.0 Å². The lowest BCUT2D eigenvalue weighted by Gasteiger charge is -2.31. The summed E-state index contributed by atoms with van der Waals surface area (Å²) in [6, 6.07) is 0. The van der Waals surface area contributed by atoms with E-state index < -0.39 is 8.80 Å². The second kappa shape index (κ2) is 16.1. The third-order valence-corrected chi connectivity index (χ3v) is 7.26. The summed E-state index contributed by atoms with van der Waals surface area (Å²) in [6.07, 6.45) is 24.6. The first kappa shape index (κ1) is 24.1. The Balaban J connectivity index is 2.95. The highest BCUT2D eigenvalue weighted by atomic mass is 28.4. The van der Waals surface area contributed by atoms with E-state index in [0.29, 0.717) is 19.8 Å². The van der Waals surface area contributed by atoms with Crippen LogP contribution in [-0.2, 0) is 13.3 Å². The van der Waals surface area contributed by atoms with Crippen LogP contribution in [0.15, 0.2) is 47.7 Å². The second-order valence-electron chi connectivity index (χ2n) is 6.97. The van der Waals surface area contributed by atoms with Crippen LogP contribution in [0.2, 0.25) is 0 Å². The lowest BCUT2D eigenvalue weighted by Crippen LogP contribution is -2.48. The predicted octanol–water partition coefficient (Wildman–Crippen LogP) is 6.69. The van der Waals surface area contributed by atoms with E-state index in [1.54, 1.807) is 0 Å². The average Bonchev–Trinajstić information content (AvgIpc) is 2.65. The highest BCUT2D eigenvalue weighted by molar-refractivity contribution is 6.69. The van der Waals surface area contributed by atoms with Gasteiger partial charge in [0.1, 0.15) is 0 Å². The molecule has 0 aliphatic heterocycles. The van der Waals surface area contributed by atoms with Crippen molar-refractivity contribution in [2.45, 2.75) is 78.6 Å². The van der Waals surface area contributed by atoms with Crippen molar-refractivity contribution in [2.75, 3.05) is 19.8 Å². The largest absolute Gasteiger partial charge is 0.537 e. The molecule has 1 aliphatic carbocycles. The zero-order chi connectivity index (χ0) is 19.6. The Labute approximate surface area is 168 Å². The van der Waals surface area contributed by atoms with E-state index in [1.165, 1.54) is 38.5 Å². The summed E-state index contributed by atoms with van der Waals surface area (Å²) in [5, 5.41) is 1.06. The van der Waals surface area contributed by atoms with Gasteiger partial charge in [0.2, 0.25) is 0 Å². The van der Waals surface area contributed by atoms with E-state index in [1.807, 2.05) is 18.2 Å². The molecule has 0 aromatic carbocycles. The minimum Gasteiger partial charge on any atom is -0.370 e. The minimum atomic E-state index is -2.91. The lowest BCUT2D eigenvalue weighted by atomic mass is 10.3. The maximum Gasteiger partial charge on any atom is 0.537 e. The number of unbranched alkanes of at least 4 members (excludes halogenated alkanes) is 6. The molecule has 0 fully saturated rings. The first-order valence-electron chi connectivity index (χ1n) is 10.9. The van der Waals surface area contributed by atoms with Crippen LogP contribution in [-0.4, -0.2) is 28.6 Å². The maximum absolute atomic E-state index is 6.45. The summed E-state index contributed by atoms with van der Waals surface area (Å²) in [6.45, 7) is 8.74.